The van der Waals surface area contributed by atoms with Crippen molar-refractivity contribution >= 4 is 5.97 Å². The Labute approximate surface area is 128 Å². The summed E-state index contributed by atoms with van der Waals surface area (Å²) < 4.78 is 5.04. The van der Waals surface area contributed by atoms with E-state index in [9.17, 15) is 4.79 Å². The van der Waals surface area contributed by atoms with Crippen LogP contribution in [0.4, 0.5) is 0 Å². The highest BCUT2D eigenvalue weighted by molar-refractivity contribution is 5.89. The molecule has 2 rings (SSSR count). The van der Waals surface area contributed by atoms with Gasteiger partial charge >= 0.3 is 5.97 Å². The molecule has 0 spiro atoms. The van der Waals surface area contributed by atoms with Crippen LogP contribution in [-0.4, -0.2) is 12.6 Å². The minimum absolute atomic E-state index is 0.227. The van der Waals surface area contributed by atoms with Gasteiger partial charge in [0.15, 0.2) is 0 Å². The van der Waals surface area contributed by atoms with Gasteiger partial charge in [-0.05, 0) is 56.7 Å². The van der Waals surface area contributed by atoms with Crippen LogP contribution in [0.2, 0.25) is 0 Å². The maximum absolute atomic E-state index is 11.7. The van der Waals surface area contributed by atoms with Gasteiger partial charge in [0.1, 0.15) is 0 Å². The molecule has 0 heterocycles. The molecule has 0 aromatic heterocycles. The molecule has 0 N–H and O–H groups in total. The highest BCUT2D eigenvalue weighted by Crippen LogP contribution is 2.36. The van der Waals surface area contributed by atoms with Crippen LogP contribution in [0.1, 0.15) is 74.2 Å². The highest BCUT2D eigenvalue weighted by atomic mass is 16.5. The quantitative estimate of drug-likeness (QED) is 0.527. The minimum atomic E-state index is -0.227. The molecule has 0 bridgehead atoms. The zero-order valence-corrected chi connectivity index (χ0v) is 13.2. The minimum Gasteiger partial charge on any atom is -0.462 e. The maximum Gasteiger partial charge on any atom is 0.338 e. The zero-order chi connectivity index (χ0) is 15.1. The van der Waals surface area contributed by atoms with E-state index >= 15 is 0 Å². The number of hydrogen-bond acceptors (Lipinski definition) is 2. The molecule has 0 saturated carbocycles. The summed E-state index contributed by atoms with van der Waals surface area (Å²) >= 11 is 0. The van der Waals surface area contributed by atoms with Gasteiger partial charge in [0, 0.05) is 5.92 Å². The van der Waals surface area contributed by atoms with Gasteiger partial charge in [0.25, 0.3) is 0 Å². The van der Waals surface area contributed by atoms with Crippen LogP contribution in [0.25, 0.3) is 0 Å². The van der Waals surface area contributed by atoms with E-state index in [-0.39, 0.29) is 5.97 Å². The molecule has 2 heteroatoms. The second kappa shape index (κ2) is 8.02. The Morgan fingerprint density at radius 1 is 1.24 bits per heavy atom. The van der Waals surface area contributed by atoms with Crippen molar-refractivity contribution in [2.24, 2.45) is 0 Å². The zero-order valence-electron chi connectivity index (χ0n) is 13.2. The number of rotatable bonds is 6. The van der Waals surface area contributed by atoms with Crippen LogP contribution < -0.4 is 0 Å². The summed E-state index contributed by atoms with van der Waals surface area (Å²) in [6.07, 6.45) is 9.86. The van der Waals surface area contributed by atoms with Crippen molar-refractivity contribution in [1.29, 1.82) is 0 Å². The molecule has 0 amide bonds. The number of ether oxygens (including phenoxy) is 1. The number of esters is 1. The number of hydrogen-bond donors (Lipinski definition) is 0. The van der Waals surface area contributed by atoms with Gasteiger partial charge in [0.2, 0.25) is 0 Å². The Kier molecular flexibility index (Phi) is 6.04. The molecule has 0 radical (unpaired) electrons. The summed E-state index contributed by atoms with van der Waals surface area (Å²) in [4.78, 5) is 11.7. The predicted molar refractivity (Wildman–Crippen MR) is 86.6 cm³/mol. The molecule has 0 unspecified atom stereocenters. The van der Waals surface area contributed by atoms with Gasteiger partial charge in [-0.1, -0.05) is 37.1 Å². The third-order valence-corrected chi connectivity index (χ3v) is 4.19. The first-order valence-corrected chi connectivity index (χ1v) is 8.22. The Morgan fingerprint density at radius 2 is 2.00 bits per heavy atom. The summed E-state index contributed by atoms with van der Waals surface area (Å²) in [7, 11) is 0. The molecule has 1 aliphatic rings. The predicted octanol–water partition coefficient (Wildman–Crippen LogP) is 5.25. The summed E-state index contributed by atoms with van der Waals surface area (Å²) in [6, 6.07) is 8.00. The van der Waals surface area contributed by atoms with E-state index in [0.29, 0.717) is 18.1 Å². The van der Waals surface area contributed by atoms with Crippen LogP contribution in [0, 0.1) is 0 Å². The Morgan fingerprint density at radius 3 is 2.67 bits per heavy atom. The molecular formula is C19H26O2. The lowest BCUT2D eigenvalue weighted by Crippen LogP contribution is -2.09. The number of benzene rings is 1. The van der Waals surface area contributed by atoms with E-state index in [1.165, 1.54) is 44.1 Å². The Balaban J connectivity index is 2.11. The highest BCUT2D eigenvalue weighted by Gasteiger charge is 2.19. The van der Waals surface area contributed by atoms with E-state index in [0.717, 1.165) is 0 Å². The van der Waals surface area contributed by atoms with Gasteiger partial charge in [-0.25, -0.2) is 4.79 Å². The summed E-state index contributed by atoms with van der Waals surface area (Å²) in [6.45, 7) is 4.50. The Hall–Kier alpha value is -1.57. The number of unbranched alkanes of at least 4 members (excludes halogenated alkanes) is 1. The van der Waals surface area contributed by atoms with Crippen LogP contribution in [0.3, 0.4) is 0 Å². The van der Waals surface area contributed by atoms with Crippen molar-refractivity contribution in [2.75, 3.05) is 6.61 Å². The molecule has 1 aromatic carbocycles. The number of carbonyl (C=O) groups excluding carboxylic acids is 1. The second-order valence-electron chi connectivity index (χ2n) is 5.71. The van der Waals surface area contributed by atoms with E-state index in [4.69, 9.17) is 4.74 Å². The summed E-state index contributed by atoms with van der Waals surface area (Å²) in [5, 5.41) is 0. The smallest absolute Gasteiger partial charge is 0.338 e. The van der Waals surface area contributed by atoms with Crippen molar-refractivity contribution in [3.8, 4) is 0 Å². The summed E-state index contributed by atoms with van der Waals surface area (Å²) in [5.41, 5.74) is 3.58. The normalized spacial score (nSPS) is 18.2. The van der Waals surface area contributed by atoms with Crippen LogP contribution in [0.15, 0.2) is 35.9 Å². The fourth-order valence-corrected chi connectivity index (χ4v) is 3.04. The monoisotopic (exact) mass is 286 g/mol. The van der Waals surface area contributed by atoms with Gasteiger partial charge in [-0.15, -0.1) is 0 Å². The van der Waals surface area contributed by atoms with Crippen molar-refractivity contribution in [1.82, 2.24) is 0 Å². The van der Waals surface area contributed by atoms with E-state index in [1.54, 1.807) is 5.57 Å². The van der Waals surface area contributed by atoms with Gasteiger partial charge in [-0.2, -0.15) is 0 Å². The average Bonchev–Trinajstić information content (AvgIpc) is 2.53. The molecule has 0 fully saturated rings. The lowest BCUT2D eigenvalue weighted by molar-refractivity contribution is 0.0526. The number of carbonyl (C=O) groups is 1. The lowest BCUT2D eigenvalue weighted by Gasteiger charge is -2.25. The molecule has 0 saturated heterocycles. The fourth-order valence-electron chi connectivity index (χ4n) is 3.04. The van der Waals surface area contributed by atoms with E-state index in [2.05, 4.69) is 25.1 Å². The van der Waals surface area contributed by atoms with Crippen molar-refractivity contribution < 1.29 is 9.53 Å². The largest absolute Gasteiger partial charge is 0.462 e. The van der Waals surface area contributed by atoms with Gasteiger partial charge in [0.05, 0.1) is 12.2 Å². The second-order valence-corrected chi connectivity index (χ2v) is 5.71. The molecule has 21 heavy (non-hydrogen) atoms. The average molecular weight is 286 g/mol. The first-order valence-electron chi connectivity index (χ1n) is 8.22. The molecule has 114 valence electrons. The molecule has 0 aliphatic heterocycles. The SMILES string of the molecule is CCCCC1=CCCC[C@@H]1c1ccc(C(=O)OCC)cc1. The van der Waals surface area contributed by atoms with Crippen molar-refractivity contribution in [3.05, 3.63) is 47.0 Å². The maximum atomic E-state index is 11.7. The molecule has 1 atom stereocenters. The molecule has 1 aromatic rings. The summed E-state index contributed by atoms with van der Waals surface area (Å²) in [5.74, 6) is 0.316. The third-order valence-electron chi connectivity index (χ3n) is 4.19. The number of allylic oxidation sites excluding steroid dienone is 2. The van der Waals surface area contributed by atoms with Gasteiger partial charge in [-0.3, -0.25) is 0 Å². The van der Waals surface area contributed by atoms with Crippen molar-refractivity contribution in [3.63, 3.8) is 0 Å². The van der Waals surface area contributed by atoms with Crippen LogP contribution in [-0.2, 0) is 4.74 Å². The van der Waals surface area contributed by atoms with E-state index in [1.807, 2.05) is 19.1 Å². The lowest BCUT2D eigenvalue weighted by atomic mass is 9.80. The topological polar surface area (TPSA) is 26.3 Å². The first kappa shape index (κ1) is 15.8. The molecule has 2 nitrogen and oxygen atoms in total. The Bertz CT molecular complexity index is 485. The van der Waals surface area contributed by atoms with Gasteiger partial charge < -0.3 is 4.74 Å². The third kappa shape index (κ3) is 4.20. The van der Waals surface area contributed by atoms with Crippen LogP contribution >= 0.6 is 0 Å². The molecule has 1 aliphatic carbocycles. The van der Waals surface area contributed by atoms with Crippen LogP contribution in [0.5, 0.6) is 0 Å². The molecular weight excluding hydrogens is 260 g/mol. The van der Waals surface area contributed by atoms with Crippen molar-refractivity contribution in [2.45, 2.75) is 58.3 Å². The first-order chi connectivity index (χ1) is 10.3. The standard InChI is InChI=1S/C19H26O2/c1-3-5-8-15-9-6-7-10-18(15)16-11-13-17(14-12-16)19(20)21-4-2/h9,11-14,18H,3-8,10H2,1-2H3/t18-/m0/s1. The fraction of sp³-hybridized carbons (Fsp3) is 0.526. The van der Waals surface area contributed by atoms with E-state index < -0.39 is 0 Å².